The Labute approximate surface area is 179 Å². The van der Waals surface area contributed by atoms with Crippen molar-refractivity contribution in [1.29, 1.82) is 0 Å². The zero-order valence-electron chi connectivity index (χ0n) is 17.2. The lowest BCUT2D eigenvalue weighted by molar-refractivity contribution is 0.324. The fourth-order valence-electron chi connectivity index (χ4n) is 2.89. The van der Waals surface area contributed by atoms with E-state index in [1.54, 1.807) is 12.1 Å². The van der Waals surface area contributed by atoms with Gasteiger partial charge in [0.15, 0.2) is 11.5 Å². The number of hydrogen-bond donors (Lipinski definition) is 1. The number of rotatable bonds is 8. The van der Waals surface area contributed by atoms with Crippen LogP contribution in [0.15, 0.2) is 40.6 Å². The summed E-state index contributed by atoms with van der Waals surface area (Å²) in [4.78, 5) is 4.41. The van der Waals surface area contributed by atoms with E-state index in [0.717, 1.165) is 5.01 Å². The third-order valence-corrected chi connectivity index (χ3v) is 6.46. The third-order valence-electron chi connectivity index (χ3n) is 4.28. The quantitative estimate of drug-likeness (QED) is 0.555. The molecular formula is C20H22N2O6S2. The van der Waals surface area contributed by atoms with Crippen LogP contribution in [0.25, 0.3) is 11.3 Å². The van der Waals surface area contributed by atoms with Crippen molar-refractivity contribution >= 4 is 27.0 Å². The molecule has 8 nitrogen and oxygen atoms in total. The summed E-state index contributed by atoms with van der Waals surface area (Å²) in [7, 11) is 1.80. The van der Waals surface area contributed by atoms with E-state index in [0.29, 0.717) is 28.5 Å². The standard InChI is InChI=1S/C20H22N2O6S2/c1-12-21-15(11-29-12)13-6-7-16(25-2)19(8-13)30(23,24)22-14-9-17(26-3)20(28-5)18(10-14)27-4/h6-11,22H,1-5H3. The molecule has 0 aliphatic heterocycles. The fourth-order valence-corrected chi connectivity index (χ4v) is 4.75. The number of anilines is 1. The van der Waals surface area contributed by atoms with E-state index in [9.17, 15) is 8.42 Å². The third kappa shape index (κ3) is 4.29. The van der Waals surface area contributed by atoms with E-state index in [4.69, 9.17) is 18.9 Å². The first-order valence-corrected chi connectivity index (χ1v) is 11.1. The molecule has 0 saturated heterocycles. The average Bonchev–Trinajstić information content (AvgIpc) is 3.18. The van der Waals surface area contributed by atoms with Gasteiger partial charge >= 0.3 is 0 Å². The number of methoxy groups -OCH3 is 4. The molecule has 160 valence electrons. The molecule has 10 heteroatoms. The van der Waals surface area contributed by atoms with Crippen LogP contribution in [-0.4, -0.2) is 41.8 Å². The highest BCUT2D eigenvalue weighted by molar-refractivity contribution is 7.92. The molecule has 0 aliphatic carbocycles. The second-order valence-electron chi connectivity index (χ2n) is 6.14. The number of nitrogens with zero attached hydrogens (tertiary/aromatic N) is 1. The molecule has 3 aromatic rings. The van der Waals surface area contributed by atoms with Gasteiger partial charge in [0.05, 0.1) is 44.8 Å². The molecule has 1 aromatic heterocycles. The van der Waals surface area contributed by atoms with Gasteiger partial charge in [-0.3, -0.25) is 4.72 Å². The smallest absolute Gasteiger partial charge is 0.265 e. The lowest BCUT2D eigenvalue weighted by Crippen LogP contribution is -2.14. The van der Waals surface area contributed by atoms with Crippen LogP contribution >= 0.6 is 11.3 Å². The van der Waals surface area contributed by atoms with Crippen molar-refractivity contribution < 1.29 is 27.4 Å². The first-order valence-electron chi connectivity index (χ1n) is 8.76. The minimum Gasteiger partial charge on any atom is -0.495 e. The molecule has 0 aliphatic rings. The maximum absolute atomic E-state index is 13.2. The number of aryl methyl sites for hydroxylation is 1. The molecule has 0 fully saturated rings. The number of sulfonamides is 1. The first-order chi connectivity index (χ1) is 14.3. The first kappa shape index (κ1) is 21.7. The summed E-state index contributed by atoms with van der Waals surface area (Å²) in [6.45, 7) is 1.89. The van der Waals surface area contributed by atoms with Crippen molar-refractivity contribution in [1.82, 2.24) is 4.98 Å². The normalized spacial score (nSPS) is 11.1. The monoisotopic (exact) mass is 450 g/mol. The van der Waals surface area contributed by atoms with Crippen molar-refractivity contribution in [3.8, 4) is 34.3 Å². The fraction of sp³-hybridized carbons (Fsp3) is 0.250. The SMILES string of the molecule is COc1ccc(-c2csc(C)n2)cc1S(=O)(=O)Nc1cc(OC)c(OC)c(OC)c1. The number of hydrogen-bond acceptors (Lipinski definition) is 8. The highest BCUT2D eigenvalue weighted by atomic mass is 32.2. The number of thiazole rings is 1. The van der Waals surface area contributed by atoms with Crippen LogP contribution in [0.3, 0.4) is 0 Å². The Morgan fingerprint density at radius 3 is 2.03 bits per heavy atom. The van der Waals surface area contributed by atoms with Crippen LogP contribution < -0.4 is 23.7 Å². The Morgan fingerprint density at radius 2 is 1.53 bits per heavy atom. The summed E-state index contributed by atoms with van der Waals surface area (Å²) in [5, 5.41) is 2.76. The summed E-state index contributed by atoms with van der Waals surface area (Å²) >= 11 is 1.49. The van der Waals surface area contributed by atoms with Gasteiger partial charge in [0.1, 0.15) is 10.6 Å². The Kier molecular flexibility index (Phi) is 6.37. The molecule has 0 atom stereocenters. The molecule has 1 N–H and O–H groups in total. The van der Waals surface area contributed by atoms with Gasteiger partial charge < -0.3 is 18.9 Å². The van der Waals surface area contributed by atoms with Crippen molar-refractivity contribution in [3.63, 3.8) is 0 Å². The molecular weight excluding hydrogens is 428 g/mol. The Bertz CT molecular complexity index is 1130. The second-order valence-corrected chi connectivity index (χ2v) is 8.85. The summed E-state index contributed by atoms with van der Waals surface area (Å²) in [6, 6.07) is 7.94. The highest BCUT2D eigenvalue weighted by Crippen LogP contribution is 2.41. The number of aromatic nitrogens is 1. The average molecular weight is 451 g/mol. The van der Waals surface area contributed by atoms with Crippen LogP contribution in [0.5, 0.6) is 23.0 Å². The Morgan fingerprint density at radius 1 is 0.900 bits per heavy atom. The zero-order chi connectivity index (χ0) is 21.9. The molecule has 2 aromatic carbocycles. The van der Waals surface area contributed by atoms with Crippen LogP contribution in [0.1, 0.15) is 5.01 Å². The van der Waals surface area contributed by atoms with Crippen molar-refractivity contribution in [2.24, 2.45) is 0 Å². The maximum atomic E-state index is 13.2. The summed E-state index contributed by atoms with van der Waals surface area (Å²) in [5.41, 5.74) is 1.62. The molecule has 30 heavy (non-hydrogen) atoms. The van der Waals surface area contributed by atoms with Crippen molar-refractivity contribution in [2.75, 3.05) is 33.2 Å². The van der Waals surface area contributed by atoms with E-state index in [1.165, 1.54) is 58.0 Å². The van der Waals surface area contributed by atoms with Crippen LogP contribution in [-0.2, 0) is 10.0 Å². The van der Waals surface area contributed by atoms with Crippen LogP contribution in [0.4, 0.5) is 5.69 Å². The highest BCUT2D eigenvalue weighted by Gasteiger charge is 2.23. The summed E-state index contributed by atoms with van der Waals surface area (Å²) in [6.07, 6.45) is 0. The number of nitrogens with one attached hydrogen (secondary N) is 1. The number of benzene rings is 2. The molecule has 3 rings (SSSR count). The van der Waals surface area contributed by atoms with E-state index < -0.39 is 10.0 Å². The van der Waals surface area contributed by atoms with Gasteiger partial charge in [-0.1, -0.05) is 0 Å². The van der Waals surface area contributed by atoms with Gasteiger partial charge in [0.25, 0.3) is 10.0 Å². The predicted molar refractivity (Wildman–Crippen MR) is 116 cm³/mol. The van der Waals surface area contributed by atoms with Crippen molar-refractivity contribution in [2.45, 2.75) is 11.8 Å². The lowest BCUT2D eigenvalue weighted by atomic mass is 10.2. The molecule has 0 spiro atoms. The maximum Gasteiger partial charge on any atom is 0.265 e. The summed E-state index contributed by atoms with van der Waals surface area (Å²) < 4.78 is 50.1. The molecule has 0 radical (unpaired) electrons. The van der Waals surface area contributed by atoms with E-state index >= 15 is 0 Å². The largest absolute Gasteiger partial charge is 0.495 e. The van der Waals surface area contributed by atoms with E-state index in [-0.39, 0.29) is 16.3 Å². The van der Waals surface area contributed by atoms with Crippen LogP contribution in [0, 0.1) is 6.92 Å². The minimum absolute atomic E-state index is 0.0121. The molecule has 0 saturated carbocycles. The van der Waals surface area contributed by atoms with Crippen LogP contribution in [0.2, 0.25) is 0 Å². The van der Waals surface area contributed by atoms with Gasteiger partial charge in [0.2, 0.25) is 5.75 Å². The van der Waals surface area contributed by atoms with Gasteiger partial charge in [-0.25, -0.2) is 13.4 Å². The molecule has 0 bridgehead atoms. The molecule has 0 amide bonds. The van der Waals surface area contributed by atoms with Crippen molar-refractivity contribution in [3.05, 3.63) is 40.7 Å². The Balaban J connectivity index is 2.05. The number of ether oxygens (including phenoxy) is 4. The molecule has 0 unspecified atom stereocenters. The zero-order valence-corrected chi connectivity index (χ0v) is 18.8. The Hall–Kier alpha value is -2.98. The topological polar surface area (TPSA) is 96.0 Å². The van der Waals surface area contributed by atoms with Gasteiger partial charge in [-0.15, -0.1) is 11.3 Å². The van der Waals surface area contributed by atoms with Gasteiger partial charge in [0, 0.05) is 23.1 Å². The van der Waals surface area contributed by atoms with Gasteiger partial charge in [-0.2, -0.15) is 0 Å². The lowest BCUT2D eigenvalue weighted by Gasteiger charge is -2.16. The van der Waals surface area contributed by atoms with E-state index in [2.05, 4.69) is 9.71 Å². The second kappa shape index (κ2) is 8.80. The minimum atomic E-state index is -4.00. The summed E-state index contributed by atoms with van der Waals surface area (Å²) in [5.74, 6) is 1.23. The van der Waals surface area contributed by atoms with Gasteiger partial charge in [-0.05, 0) is 25.1 Å². The molecule has 1 heterocycles. The predicted octanol–water partition coefficient (Wildman–Crippen LogP) is 3.95. The van der Waals surface area contributed by atoms with E-state index in [1.807, 2.05) is 12.3 Å².